The van der Waals surface area contributed by atoms with Crippen LogP contribution in [-0.4, -0.2) is 8.42 Å². The lowest BCUT2D eigenvalue weighted by molar-refractivity contribution is 0.289. The van der Waals surface area contributed by atoms with Gasteiger partial charge in [-0.15, -0.1) is 0 Å². The SMILES string of the molecule is CC.CCc1ccc(Oc2ccc(S(=O)(=O)Cl)cc2F)c(OCc2ccccc2)c1. The molecule has 0 aromatic heterocycles. The smallest absolute Gasteiger partial charge is 0.261 e. The first-order valence-corrected chi connectivity index (χ1v) is 11.9. The third-order valence-corrected chi connectivity index (χ3v) is 5.41. The number of benzene rings is 3. The number of ether oxygens (including phenoxy) is 2. The van der Waals surface area contributed by atoms with E-state index in [1.54, 1.807) is 6.07 Å². The molecule has 0 spiro atoms. The molecule has 3 rings (SSSR count). The Labute approximate surface area is 181 Å². The molecule has 0 aliphatic carbocycles. The zero-order valence-electron chi connectivity index (χ0n) is 17.1. The quantitative estimate of drug-likeness (QED) is 0.375. The first kappa shape index (κ1) is 23.7. The predicted octanol–water partition coefficient (Wildman–Crippen LogP) is 6.71. The second kappa shape index (κ2) is 11.0. The molecule has 0 saturated heterocycles. The van der Waals surface area contributed by atoms with Gasteiger partial charge in [-0.2, -0.15) is 0 Å². The van der Waals surface area contributed by atoms with Crippen molar-refractivity contribution in [2.24, 2.45) is 0 Å². The van der Waals surface area contributed by atoms with Gasteiger partial charge in [0.2, 0.25) is 0 Å². The summed E-state index contributed by atoms with van der Waals surface area (Å²) >= 11 is 0. The van der Waals surface area contributed by atoms with E-state index < -0.39 is 14.9 Å². The van der Waals surface area contributed by atoms with Gasteiger partial charge < -0.3 is 9.47 Å². The summed E-state index contributed by atoms with van der Waals surface area (Å²) in [5.41, 5.74) is 2.03. The highest BCUT2D eigenvalue weighted by molar-refractivity contribution is 8.13. The molecule has 0 radical (unpaired) electrons. The Morgan fingerprint density at radius 1 is 0.867 bits per heavy atom. The second-order valence-electron chi connectivity index (χ2n) is 6.04. The molecule has 0 amide bonds. The summed E-state index contributed by atoms with van der Waals surface area (Å²) in [5, 5.41) is 0. The van der Waals surface area contributed by atoms with Gasteiger partial charge in [0.25, 0.3) is 9.05 Å². The molecule has 3 aromatic carbocycles. The van der Waals surface area contributed by atoms with E-state index in [-0.39, 0.29) is 10.6 Å². The van der Waals surface area contributed by atoms with Crippen LogP contribution in [0, 0.1) is 5.82 Å². The summed E-state index contributed by atoms with van der Waals surface area (Å²) in [6, 6.07) is 18.3. The third-order valence-electron chi connectivity index (χ3n) is 4.06. The number of hydrogen-bond acceptors (Lipinski definition) is 4. The van der Waals surface area contributed by atoms with Crippen LogP contribution in [0.3, 0.4) is 0 Å². The molecule has 7 heteroatoms. The molecular weight excluding hydrogens is 427 g/mol. The van der Waals surface area contributed by atoms with E-state index in [0.29, 0.717) is 18.1 Å². The molecule has 0 saturated carbocycles. The zero-order chi connectivity index (χ0) is 22.1. The van der Waals surface area contributed by atoms with Crippen molar-refractivity contribution in [1.82, 2.24) is 0 Å². The number of halogens is 2. The van der Waals surface area contributed by atoms with E-state index in [4.69, 9.17) is 20.2 Å². The fourth-order valence-electron chi connectivity index (χ4n) is 2.54. The fourth-order valence-corrected chi connectivity index (χ4v) is 3.30. The van der Waals surface area contributed by atoms with Crippen LogP contribution in [0.4, 0.5) is 4.39 Å². The van der Waals surface area contributed by atoms with Crippen LogP contribution in [-0.2, 0) is 22.1 Å². The average Bonchev–Trinajstić information content (AvgIpc) is 2.75. The maximum absolute atomic E-state index is 14.3. The molecule has 160 valence electrons. The highest BCUT2D eigenvalue weighted by Gasteiger charge is 2.16. The number of hydrogen-bond donors (Lipinski definition) is 0. The normalized spacial score (nSPS) is 10.7. The predicted molar refractivity (Wildman–Crippen MR) is 117 cm³/mol. The summed E-state index contributed by atoms with van der Waals surface area (Å²) in [5.74, 6) is -0.168. The lowest BCUT2D eigenvalue weighted by atomic mass is 10.1. The molecule has 4 nitrogen and oxygen atoms in total. The first-order chi connectivity index (χ1) is 14.4. The molecule has 30 heavy (non-hydrogen) atoms. The van der Waals surface area contributed by atoms with Crippen molar-refractivity contribution in [2.45, 2.75) is 38.7 Å². The summed E-state index contributed by atoms with van der Waals surface area (Å²) in [7, 11) is 1.23. The zero-order valence-corrected chi connectivity index (χ0v) is 18.6. The Kier molecular flexibility index (Phi) is 8.69. The molecular formula is C23H24ClFO4S. The van der Waals surface area contributed by atoms with Crippen LogP contribution in [0.2, 0.25) is 0 Å². The number of aryl methyl sites for hydroxylation is 1. The molecule has 0 atom stereocenters. The van der Waals surface area contributed by atoms with Crippen LogP contribution in [0.15, 0.2) is 71.6 Å². The van der Waals surface area contributed by atoms with E-state index in [9.17, 15) is 12.8 Å². The van der Waals surface area contributed by atoms with Gasteiger partial charge in [-0.3, -0.25) is 0 Å². The molecule has 0 N–H and O–H groups in total. The van der Waals surface area contributed by atoms with Crippen molar-refractivity contribution in [3.63, 3.8) is 0 Å². The topological polar surface area (TPSA) is 52.6 Å². The Bertz CT molecular complexity index is 1070. The fraction of sp³-hybridized carbons (Fsp3) is 0.217. The monoisotopic (exact) mass is 450 g/mol. The van der Waals surface area contributed by atoms with Crippen LogP contribution >= 0.6 is 10.7 Å². The highest BCUT2D eigenvalue weighted by atomic mass is 35.7. The van der Waals surface area contributed by atoms with E-state index in [2.05, 4.69) is 0 Å². The Morgan fingerprint density at radius 3 is 2.13 bits per heavy atom. The van der Waals surface area contributed by atoms with Crippen LogP contribution < -0.4 is 9.47 Å². The van der Waals surface area contributed by atoms with E-state index in [1.165, 1.54) is 12.1 Å². The molecule has 3 aromatic rings. The minimum Gasteiger partial charge on any atom is -0.485 e. The minimum atomic E-state index is -4.02. The lowest BCUT2D eigenvalue weighted by Crippen LogP contribution is -1.99. The summed E-state index contributed by atoms with van der Waals surface area (Å²) < 4.78 is 48.5. The largest absolute Gasteiger partial charge is 0.485 e. The lowest BCUT2D eigenvalue weighted by Gasteiger charge is -2.14. The van der Waals surface area contributed by atoms with Gasteiger partial charge in [0.15, 0.2) is 23.1 Å². The molecule has 0 unspecified atom stereocenters. The average molecular weight is 451 g/mol. The van der Waals surface area contributed by atoms with Crippen molar-refractivity contribution < 1.29 is 22.3 Å². The number of rotatable bonds is 7. The van der Waals surface area contributed by atoms with Gasteiger partial charge in [-0.05, 0) is 47.9 Å². The van der Waals surface area contributed by atoms with Gasteiger partial charge in [-0.1, -0.05) is 57.2 Å². The standard InChI is InChI=1S/C21H18ClFO4S.C2H6/c1-2-15-8-10-20(21(12-15)26-14-16-6-4-3-5-7-16)27-19-11-9-17(13-18(19)23)28(22,24)25;1-2/h3-13H,2,14H2,1H3;1-2H3. The van der Waals surface area contributed by atoms with Gasteiger partial charge in [-0.25, -0.2) is 12.8 Å². The molecule has 0 fully saturated rings. The van der Waals surface area contributed by atoms with Gasteiger partial charge >= 0.3 is 0 Å². The highest BCUT2D eigenvalue weighted by Crippen LogP contribution is 2.35. The Morgan fingerprint density at radius 2 is 1.53 bits per heavy atom. The van der Waals surface area contributed by atoms with Crippen molar-refractivity contribution in [2.75, 3.05) is 0 Å². The minimum absolute atomic E-state index is 0.127. The molecule has 0 heterocycles. The van der Waals surface area contributed by atoms with Gasteiger partial charge in [0.1, 0.15) is 6.61 Å². The molecule has 0 aliphatic rings. The Hall–Kier alpha value is -2.57. The van der Waals surface area contributed by atoms with Crippen LogP contribution in [0.25, 0.3) is 0 Å². The van der Waals surface area contributed by atoms with E-state index in [0.717, 1.165) is 23.6 Å². The molecule has 0 aliphatic heterocycles. The first-order valence-electron chi connectivity index (χ1n) is 9.58. The van der Waals surface area contributed by atoms with Gasteiger partial charge in [0, 0.05) is 10.7 Å². The third kappa shape index (κ3) is 6.47. The van der Waals surface area contributed by atoms with Crippen LogP contribution in [0.5, 0.6) is 17.2 Å². The van der Waals surface area contributed by atoms with Crippen molar-refractivity contribution in [1.29, 1.82) is 0 Å². The van der Waals surface area contributed by atoms with E-state index >= 15 is 0 Å². The van der Waals surface area contributed by atoms with Crippen molar-refractivity contribution in [3.05, 3.63) is 83.7 Å². The maximum Gasteiger partial charge on any atom is 0.261 e. The summed E-state index contributed by atoms with van der Waals surface area (Å²) in [4.78, 5) is -0.333. The summed E-state index contributed by atoms with van der Waals surface area (Å²) in [6.07, 6.45) is 0.804. The second-order valence-corrected chi connectivity index (χ2v) is 8.61. The van der Waals surface area contributed by atoms with Crippen LogP contribution in [0.1, 0.15) is 31.9 Å². The molecule has 0 bridgehead atoms. The maximum atomic E-state index is 14.3. The Balaban J connectivity index is 0.00000155. The van der Waals surface area contributed by atoms with Crippen molar-refractivity contribution in [3.8, 4) is 17.2 Å². The van der Waals surface area contributed by atoms with Crippen molar-refractivity contribution >= 4 is 19.7 Å². The van der Waals surface area contributed by atoms with E-state index in [1.807, 2.05) is 63.2 Å². The summed E-state index contributed by atoms with van der Waals surface area (Å²) in [6.45, 7) is 6.35. The van der Waals surface area contributed by atoms with Gasteiger partial charge in [0.05, 0.1) is 4.90 Å².